The summed E-state index contributed by atoms with van der Waals surface area (Å²) in [5.74, 6) is 0.996. The topological polar surface area (TPSA) is 81.6 Å². The van der Waals surface area contributed by atoms with Crippen molar-refractivity contribution in [1.29, 1.82) is 0 Å². The molecule has 0 saturated carbocycles. The molecule has 6 nitrogen and oxygen atoms in total. The molecule has 2 rings (SSSR count). The highest BCUT2D eigenvalue weighted by atomic mass is 16.5. The van der Waals surface area contributed by atoms with Gasteiger partial charge in [0.1, 0.15) is 11.9 Å². The van der Waals surface area contributed by atoms with Gasteiger partial charge >= 0.3 is 0 Å². The van der Waals surface area contributed by atoms with Gasteiger partial charge in [0.15, 0.2) is 0 Å². The highest BCUT2D eigenvalue weighted by Crippen LogP contribution is 2.17. The second kappa shape index (κ2) is 8.62. The van der Waals surface area contributed by atoms with Gasteiger partial charge in [0, 0.05) is 37.3 Å². The first-order chi connectivity index (χ1) is 10.6. The molecule has 0 bridgehead atoms. The normalized spacial score (nSPS) is 25.8. The number of imidazole rings is 1. The third kappa shape index (κ3) is 4.78. The van der Waals surface area contributed by atoms with Crippen LogP contribution in [0, 0.1) is 5.92 Å². The molecule has 1 fully saturated rings. The van der Waals surface area contributed by atoms with Crippen molar-refractivity contribution >= 4 is 0 Å². The quantitative estimate of drug-likeness (QED) is 0.666. The van der Waals surface area contributed by atoms with E-state index < -0.39 is 12.2 Å². The molecule has 3 N–H and O–H groups in total. The van der Waals surface area contributed by atoms with Crippen LogP contribution in [0.4, 0.5) is 0 Å². The Bertz CT molecular complexity index is 438. The molecule has 6 heteroatoms. The van der Waals surface area contributed by atoms with Crippen LogP contribution >= 0.6 is 0 Å². The van der Waals surface area contributed by atoms with Crippen molar-refractivity contribution in [3.05, 3.63) is 17.7 Å². The van der Waals surface area contributed by atoms with E-state index in [-0.39, 0.29) is 12.5 Å². The molecule has 3 atom stereocenters. The fraction of sp³-hybridized carbons (Fsp3) is 0.812. The van der Waals surface area contributed by atoms with Gasteiger partial charge in [-0.1, -0.05) is 20.3 Å². The van der Waals surface area contributed by atoms with E-state index in [2.05, 4.69) is 28.7 Å². The maximum absolute atomic E-state index is 10.1. The van der Waals surface area contributed by atoms with E-state index in [0.717, 1.165) is 37.4 Å². The van der Waals surface area contributed by atoms with Crippen LogP contribution in [0.15, 0.2) is 6.20 Å². The van der Waals surface area contributed by atoms with Crippen molar-refractivity contribution in [3.8, 4) is 0 Å². The Morgan fingerprint density at radius 2 is 2.18 bits per heavy atom. The lowest BCUT2D eigenvalue weighted by Gasteiger charge is -2.35. The molecule has 1 aliphatic heterocycles. The summed E-state index contributed by atoms with van der Waals surface area (Å²) >= 11 is 0. The van der Waals surface area contributed by atoms with E-state index in [1.807, 2.05) is 6.20 Å². The zero-order chi connectivity index (χ0) is 15.9. The highest BCUT2D eigenvalue weighted by molar-refractivity contribution is 5.01. The minimum atomic E-state index is -0.773. The molecule has 0 aliphatic carbocycles. The third-order valence-electron chi connectivity index (χ3n) is 4.28. The number of nitrogens with zero attached hydrogens (tertiary/aromatic N) is 2. The number of H-pyrrole nitrogens is 1. The van der Waals surface area contributed by atoms with Crippen LogP contribution < -0.4 is 0 Å². The summed E-state index contributed by atoms with van der Waals surface area (Å²) in [7, 11) is 0. The number of aryl methyl sites for hydroxylation is 1. The van der Waals surface area contributed by atoms with Crippen LogP contribution in [0.1, 0.15) is 38.2 Å². The highest BCUT2D eigenvalue weighted by Gasteiger charge is 2.32. The van der Waals surface area contributed by atoms with Crippen LogP contribution in [0.2, 0.25) is 0 Å². The Kier molecular flexibility index (Phi) is 6.82. The third-order valence-corrected chi connectivity index (χ3v) is 4.28. The number of unbranched alkanes of at least 4 members (excludes halogenated alkanes) is 1. The zero-order valence-electron chi connectivity index (χ0n) is 13.7. The van der Waals surface area contributed by atoms with E-state index >= 15 is 0 Å². The lowest BCUT2D eigenvalue weighted by molar-refractivity contribution is -0.126. The van der Waals surface area contributed by atoms with Crippen LogP contribution in [-0.4, -0.2) is 63.6 Å². The lowest BCUT2D eigenvalue weighted by Crippen LogP contribution is -2.48. The first-order valence-electron chi connectivity index (χ1n) is 8.33. The molecule has 0 radical (unpaired) electrons. The van der Waals surface area contributed by atoms with Gasteiger partial charge in [-0.2, -0.15) is 0 Å². The molecule has 2 heterocycles. The molecule has 0 amide bonds. The fourth-order valence-electron chi connectivity index (χ4n) is 2.85. The van der Waals surface area contributed by atoms with Crippen LogP contribution in [-0.2, 0) is 17.7 Å². The molecular formula is C16H29N3O3. The maximum Gasteiger partial charge on any atom is 0.106 e. The molecule has 1 aromatic rings. The second-order valence-electron chi connectivity index (χ2n) is 6.14. The van der Waals surface area contributed by atoms with Gasteiger partial charge < -0.3 is 19.9 Å². The second-order valence-corrected chi connectivity index (χ2v) is 6.14. The summed E-state index contributed by atoms with van der Waals surface area (Å²) in [5, 5.41) is 19.8. The van der Waals surface area contributed by atoms with Crippen LogP contribution in [0.25, 0.3) is 0 Å². The Labute approximate surface area is 132 Å². The van der Waals surface area contributed by atoms with E-state index in [9.17, 15) is 10.2 Å². The summed E-state index contributed by atoms with van der Waals surface area (Å²) in [6, 6.07) is 0. The van der Waals surface area contributed by atoms with Crippen molar-refractivity contribution in [2.24, 2.45) is 5.92 Å². The first kappa shape index (κ1) is 17.4. The van der Waals surface area contributed by atoms with Crippen LogP contribution in [0.3, 0.4) is 0 Å². The number of aromatic nitrogens is 2. The zero-order valence-corrected chi connectivity index (χ0v) is 13.7. The molecule has 1 aliphatic rings. The van der Waals surface area contributed by atoms with E-state index in [1.54, 1.807) is 0 Å². The summed E-state index contributed by atoms with van der Waals surface area (Å²) in [6.07, 6.45) is 3.72. The molecule has 1 saturated heterocycles. The van der Waals surface area contributed by atoms with Crippen LogP contribution in [0.5, 0.6) is 0 Å². The van der Waals surface area contributed by atoms with Gasteiger partial charge in [0.2, 0.25) is 0 Å². The summed E-state index contributed by atoms with van der Waals surface area (Å²) in [5.41, 5.74) is 1.10. The van der Waals surface area contributed by atoms with Crippen molar-refractivity contribution in [1.82, 2.24) is 14.9 Å². The number of hydrogen-bond donors (Lipinski definition) is 3. The molecule has 1 aromatic heterocycles. The molecule has 126 valence electrons. The molecule has 0 unspecified atom stereocenters. The van der Waals surface area contributed by atoms with Crippen molar-refractivity contribution in [2.45, 2.75) is 51.9 Å². The number of rotatable bonds is 8. The van der Waals surface area contributed by atoms with Gasteiger partial charge in [0.25, 0.3) is 0 Å². The standard InChI is InChI=1S/C16H29N3O3/c1-3-5-6-15-17-7-13(18-15)9-19(4-2)8-12-10-22-11-14(20)16(12)21/h7,12,14,16,20-21H,3-6,8-11H2,1-2H3,(H,17,18)/t12-,14-,16+/m1/s1. The van der Waals surface area contributed by atoms with Crippen molar-refractivity contribution < 1.29 is 14.9 Å². The number of aromatic amines is 1. The molecular weight excluding hydrogens is 282 g/mol. The molecule has 0 spiro atoms. The lowest BCUT2D eigenvalue weighted by atomic mass is 9.96. The van der Waals surface area contributed by atoms with Gasteiger partial charge in [-0.05, 0) is 13.0 Å². The van der Waals surface area contributed by atoms with Crippen molar-refractivity contribution in [2.75, 3.05) is 26.3 Å². The molecule has 0 aromatic carbocycles. The summed E-state index contributed by atoms with van der Waals surface area (Å²) in [4.78, 5) is 10.0. The van der Waals surface area contributed by atoms with Gasteiger partial charge in [-0.15, -0.1) is 0 Å². The van der Waals surface area contributed by atoms with E-state index in [1.165, 1.54) is 6.42 Å². The van der Waals surface area contributed by atoms with Gasteiger partial charge in [0.05, 0.1) is 19.3 Å². The smallest absolute Gasteiger partial charge is 0.106 e. The minimum Gasteiger partial charge on any atom is -0.390 e. The van der Waals surface area contributed by atoms with E-state index in [0.29, 0.717) is 13.2 Å². The summed E-state index contributed by atoms with van der Waals surface area (Å²) in [6.45, 7) is 7.36. The average Bonchev–Trinajstić information content (AvgIpc) is 2.96. The predicted molar refractivity (Wildman–Crippen MR) is 84.5 cm³/mol. The molecule has 22 heavy (non-hydrogen) atoms. The number of nitrogens with one attached hydrogen (secondary N) is 1. The predicted octanol–water partition coefficient (Wildman–Crippen LogP) is 0.942. The Morgan fingerprint density at radius 1 is 1.36 bits per heavy atom. The first-order valence-corrected chi connectivity index (χ1v) is 8.33. The van der Waals surface area contributed by atoms with Crippen molar-refractivity contribution in [3.63, 3.8) is 0 Å². The number of aliphatic hydroxyl groups excluding tert-OH is 2. The Hall–Kier alpha value is -0.950. The van der Waals surface area contributed by atoms with E-state index in [4.69, 9.17) is 4.74 Å². The van der Waals surface area contributed by atoms with Gasteiger partial charge in [-0.3, -0.25) is 4.90 Å². The maximum atomic E-state index is 10.1. The largest absolute Gasteiger partial charge is 0.390 e. The fourth-order valence-corrected chi connectivity index (χ4v) is 2.85. The number of hydrogen-bond acceptors (Lipinski definition) is 5. The average molecular weight is 311 g/mol. The number of ether oxygens (including phenoxy) is 1. The Morgan fingerprint density at radius 3 is 2.91 bits per heavy atom. The number of aliphatic hydroxyl groups is 2. The minimum absolute atomic E-state index is 0.0498. The van der Waals surface area contributed by atoms with Gasteiger partial charge in [-0.25, -0.2) is 4.98 Å². The monoisotopic (exact) mass is 311 g/mol. The Balaban J connectivity index is 1.87. The summed E-state index contributed by atoms with van der Waals surface area (Å²) < 4.78 is 5.35. The SMILES string of the molecule is CCCCc1ncc(CN(CC)C[C@@H]2COC[C@@H](O)[C@H]2O)[nH]1.